The highest BCUT2D eigenvalue weighted by Crippen LogP contribution is 2.27. The highest BCUT2D eigenvalue weighted by molar-refractivity contribution is 6.30. The number of esters is 1. The van der Waals surface area contributed by atoms with Crippen molar-refractivity contribution in [2.24, 2.45) is 10.9 Å². The zero-order chi connectivity index (χ0) is 18.5. The van der Waals surface area contributed by atoms with E-state index in [1.54, 1.807) is 72.0 Å². The number of rotatable bonds is 6. The monoisotopic (exact) mass is 355 g/mol. The summed E-state index contributed by atoms with van der Waals surface area (Å²) >= 11 is 5.86. The molecule has 0 saturated heterocycles. The molecule has 1 aromatic carbocycles. The molecule has 0 aliphatic carbocycles. The van der Waals surface area contributed by atoms with Crippen LogP contribution in [0.3, 0.4) is 0 Å². The molecule has 0 heterocycles. The molecule has 0 radical (unpaired) electrons. The van der Waals surface area contributed by atoms with Gasteiger partial charge in [0.15, 0.2) is 5.54 Å². The highest BCUT2D eigenvalue weighted by Gasteiger charge is 2.39. The molecule has 134 valence electrons. The molecule has 2 unspecified atom stereocenters. The van der Waals surface area contributed by atoms with E-state index in [-0.39, 0.29) is 12.3 Å². The lowest BCUT2D eigenvalue weighted by molar-refractivity contribution is -0.161. The lowest BCUT2D eigenvalue weighted by atomic mass is 9.90. The van der Waals surface area contributed by atoms with Gasteiger partial charge in [0.25, 0.3) is 0 Å². The molecule has 1 aromatic rings. The first-order valence-electron chi connectivity index (χ1n) is 8.11. The van der Waals surface area contributed by atoms with E-state index in [4.69, 9.17) is 16.3 Å². The molecule has 0 N–H and O–H groups in total. The van der Waals surface area contributed by atoms with Crippen molar-refractivity contribution >= 4 is 23.8 Å². The van der Waals surface area contributed by atoms with Gasteiger partial charge < -0.3 is 4.74 Å². The predicted octanol–water partition coefficient (Wildman–Crippen LogP) is 5.24. The summed E-state index contributed by atoms with van der Waals surface area (Å²) in [6.45, 7) is 10.5. The molecule has 0 bridgehead atoms. The molecular formula is C19H27ClFNO2. The van der Waals surface area contributed by atoms with E-state index in [9.17, 15) is 9.18 Å². The molecule has 24 heavy (non-hydrogen) atoms. The standard InChI is InChI=1S/C19H27ClFNO2/c1-13(2)16(21)11-19(6,17(23)24-18(3,4)5)22-12-14-7-9-15(20)10-8-14/h7-10,12-13,16H,11H2,1-6H3. The van der Waals surface area contributed by atoms with Crippen LogP contribution in [0.5, 0.6) is 0 Å². The maximum Gasteiger partial charge on any atom is 0.334 e. The molecule has 0 saturated carbocycles. The number of hydrogen-bond acceptors (Lipinski definition) is 3. The summed E-state index contributed by atoms with van der Waals surface area (Å²) in [6, 6.07) is 7.05. The second kappa shape index (κ2) is 8.11. The van der Waals surface area contributed by atoms with Crippen molar-refractivity contribution in [1.29, 1.82) is 0 Å². The normalized spacial score (nSPS) is 16.2. The van der Waals surface area contributed by atoms with Crippen LogP contribution in [0.1, 0.15) is 53.5 Å². The van der Waals surface area contributed by atoms with Gasteiger partial charge >= 0.3 is 5.97 Å². The number of halogens is 2. The summed E-state index contributed by atoms with van der Waals surface area (Å²) in [5.41, 5.74) is -1.15. The Kier molecular flexibility index (Phi) is 6.97. The third kappa shape index (κ3) is 6.60. The van der Waals surface area contributed by atoms with Gasteiger partial charge in [0, 0.05) is 17.7 Å². The minimum Gasteiger partial charge on any atom is -0.458 e. The predicted molar refractivity (Wildman–Crippen MR) is 97.6 cm³/mol. The average molecular weight is 356 g/mol. The third-order valence-corrected chi connectivity index (χ3v) is 3.78. The van der Waals surface area contributed by atoms with Gasteiger partial charge in [-0.25, -0.2) is 9.18 Å². The van der Waals surface area contributed by atoms with Crippen molar-refractivity contribution in [2.45, 2.75) is 65.3 Å². The molecule has 0 aromatic heterocycles. The Balaban J connectivity index is 3.07. The summed E-state index contributed by atoms with van der Waals surface area (Å²) in [7, 11) is 0. The Labute approximate surface area is 149 Å². The van der Waals surface area contributed by atoms with Gasteiger partial charge in [-0.05, 0) is 51.3 Å². The number of benzene rings is 1. The maximum atomic E-state index is 14.3. The van der Waals surface area contributed by atoms with Crippen molar-refractivity contribution in [1.82, 2.24) is 0 Å². The van der Waals surface area contributed by atoms with E-state index in [0.717, 1.165) is 5.56 Å². The molecule has 0 aliphatic rings. The maximum absolute atomic E-state index is 14.3. The van der Waals surface area contributed by atoms with Crippen LogP contribution in [0.4, 0.5) is 4.39 Å². The zero-order valence-corrected chi connectivity index (χ0v) is 16.0. The molecule has 0 amide bonds. The number of carbonyl (C=O) groups excluding carboxylic acids is 1. The summed E-state index contributed by atoms with van der Waals surface area (Å²) < 4.78 is 19.7. The Morgan fingerprint density at radius 1 is 1.25 bits per heavy atom. The summed E-state index contributed by atoms with van der Waals surface area (Å²) in [4.78, 5) is 17.0. The van der Waals surface area contributed by atoms with Gasteiger partial charge in [0.05, 0.1) is 0 Å². The van der Waals surface area contributed by atoms with E-state index in [2.05, 4.69) is 4.99 Å². The zero-order valence-electron chi connectivity index (χ0n) is 15.3. The van der Waals surface area contributed by atoms with Crippen molar-refractivity contribution < 1.29 is 13.9 Å². The highest BCUT2D eigenvalue weighted by atomic mass is 35.5. The number of hydrogen-bond donors (Lipinski definition) is 0. The van der Waals surface area contributed by atoms with Gasteiger partial charge in [0.2, 0.25) is 0 Å². The molecule has 1 rings (SSSR count). The van der Waals surface area contributed by atoms with Crippen LogP contribution in [-0.4, -0.2) is 29.5 Å². The Morgan fingerprint density at radius 2 is 1.79 bits per heavy atom. The molecule has 0 spiro atoms. The lowest BCUT2D eigenvalue weighted by Crippen LogP contribution is -2.42. The molecule has 2 atom stereocenters. The third-order valence-electron chi connectivity index (χ3n) is 3.52. The quantitative estimate of drug-likeness (QED) is 0.516. The van der Waals surface area contributed by atoms with Crippen LogP contribution in [0.15, 0.2) is 29.3 Å². The van der Waals surface area contributed by atoms with Crippen LogP contribution in [0.25, 0.3) is 0 Å². The fourth-order valence-corrected chi connectivity index (χ4v) is 2.08. The molecular weight excluding hydrogens is 329 g/mol. The van der Waals surface area contributed by atoms with E-state index in [1.807, 2.05) is 0 Å². The van der Waals surface area contributed by atoms with Gasteiger partial charge in [0.1, 0.15) is 11.8 Å². The second-order valence-electron chi connectivity index (χ2n) is 7.55. The van der Waals surface area contributed by atoms with Crippen molar-refractivity contribution in [3.63, 3.8) is 0 Å². The minimum atomic E-state index is -1.28. The SMILES string of the molecule is CC(C)C(F)CC(C)(N=Cc1ccc(Cl)cc1)C(=O)OC(C)(C)C. The van der Waals surface area contributed by atoms with Crippen LogP contribution in [0, 0.1) is 5.92 Å². The smallest absolute Gasteiger partial charge is 0.334 e. The summed E-state index contributed by atoms with van der Waals surface area (Å²) in [5.74, 6) is -0.721. The number of nitrogens with zero attached hydrogens (tertiary/aromatic N) is 1. The summed E-state index contributed by atoms with van der Waals surface area (Å²) in [5, 5.41) is 0.616. The van der Waals surface area contributed by atoms with Crippen molar-refractivity contribution in [3.8, 4) is 0 Å². The summed E-state index contributed by atoms with van der Waals surface area (Å²) in [6.07, 6.45) is 0.390. The first-order chi connectivity index (χ1) is 10.9. The van der Waals surface area contributed by atoms with Crippen LogP contribution < -0.4 is 0 Å². The Hall–Kier alpha value is -1.42. The molecule has 0 aliphatic heterocycles. The molecule has 5 heteroatoms. The first kappa shape index (κ1) is 20.6. The Bertz CT molecular complexity index is 578. The number of alkyl halides is 1. The number of ether oxygens (including phenoxy) is 1. The van der Waals surface area contributed by atoms with Gasteiger partial charge in [-0.1, -0.05) is 37.6 Å². The lowest BCUT2D eigenvalue weighted by Gasteiger charge is -2.30. The largest absolute Gasteiger partial charge is 0.458 e. The number of carbonyl (C=O) groups is 1. The van der Waals surface area contributed by atoms with Gasteiger partial charge in [-0.3, -0.25) is 4.99 Å². The Morgan fingerprint density at radius 3 is 2.25 bits per heavy atom. The van der Waals surface area contributed by atoms with E-state index in [1.165, 1.54) is 0 Å². The molecule has 0 fully saturated rings. The second-order valence-corrected chi connectivity index (χ2v) is 7.99. The molecule has 3 nitrogen and oxygen atoms in total. The topological polar surface area (TPSA) is 38.7 Å². The fraction of sp³-hybridized carbons (Fsp3) is 0.579. The van der Waals surface area contributed by atoms with Crippen LogP contribution in [0.2, 0.25) is 5.02 Å². The fourth-order valence-electron chi connectivity index (χ4n) is 1.96. The van der Waals surface area contributed by atoms with Gasteiger partial charge in [-0.15, -0.1) is 0 Å². The van der Waals surface area contributed by atoms with E-state index < -0.39 is 23.3 Å². The first-order valence-corrected chi connectivity index (χ1v) is 8.49. The van der Waals surface area contributed by atoms with Crippen molar-refractivity contribution in [2.75, 3.05) is 0 Å². The average Bonchev–Trinajstić information content (AvgIpc) is 2.44. The van der Waals surface area contributed by atoms with Gasteiger partial charge in [-0.2, -0.15) is 0 Å². The minimum absolute atomic E-state index is 0.0241. The van der Waals surface area contributed by atoms with E-state index >= 15 is 0 Å². The van der Waals surface area contributed by atoms with E-state index in [0.29, 0.717) is 5.02 Å². The van der Waals surface area contributed by atoms with Crippen molar-refractivity contribution in [3.05, 3.63) is 34.9 Å². The van der Waals surface area contributed by atoms with Crippen LogP contribution in [-0.2, 0) is 9.53 Å². The number of aliphatic imine (C=N–C) groups is 1. The van der Waals surface area contributed by atoms with Crippen LogP contribution >= 0.6 is 11.6 Å².